The third-order valence-corrected chi connectivity index (χ3v) is 11.3. The van der Waals surface area contributed by atoms with Crippen molar-refractivity contribution < 1.29 is 32.9 Å². The molecule has 0 spiro atoms. The standard InChI is InChI=1S/C35H39F2N7O5S/c1-3-24(45)40-19-16-44(10-13-48-17-19)30-21-15-39-27(20-4-5-22(36)31-29(20)42-33(38)50-31)26(37)28(21)41-32-25(30)34(2,46)14-23(49-32)35(6-7-35)18-43-8-11-47-12-9-43/h3-5,15,19,23,46H,1,6-14,16-18H2,2H3,(H2,38,42)(H,40,45)/t19-,23+,34+/m1/s1. The number of nitrogens with zero attached hydrogens (tertiary/aromatic N) is 5. The van der Waals surface area contributed by atoms with E-state index in [1.165, 1.54) is 24.4 Å². The second-order valence-corrected chi connectivity index (χ2v) is 14.9. The Morgan fingerprint density at radius 2 is 1.96 bits per heavy atom. The van der Waals surface area contributed by atoms with Gasteiger partial charge in [-0.2, -0.15) is 0 Å². The maximum atomic E-state index is 17.0. The van der Waals surface area contributed by atoms with Crippen molar-refractivity contribution in [2.75, 3.05) is 69.8 Å². The predicted molar refractivity (Wildman–Crippen MR) is 185 cm³/mol. The first-order valence-corrected chi connectivity index (χ1v) is 17.7. The number of nitrogens with two attached hydrogens (primary N) is 1. The topological polar surface area (TPSA) is 148 Å². The van der Waals surface area contributed by atoms with E-state index in [0.29, 0.717) is 56.0 Å². The van der Waals surface area contributed by atoms with Gasteiger partial charge in [0.2, 0.25) is 11.8 Å². The summed E-state index contributed by atoms with van der Waals surface area (Å²) in [6.45, 7) is 10.4. The minimum absolute atomic E-state index is 0.0178. The molecule has 1 aliphatic carbocycles. The molecule has 3 aromatic heterocycles. The number of anilines is 2. The molecule has 4 aliphatic rings. The largest absolute Gasteiger partial charge is 0.473 e. The van der Waals surface area contributed by atoms with Gasteiger partial charge in [-0.3, -0.25) is 14.7 Å². The molecule has 0 unspecified atom stereocenters. The number of pyridine rings is 2. The Hall–Kier alpha value is -4.02. The predicted octanol–water partition coefficient (Wildman–Crippen LogP) is 3.75. The Balaban J connectivity index is 1.28. The van der Waals surface area contributed by atoms with Crippen LogP contribution in [0.5, 0.6) is 5.88 Å². The van der Waals surface area contributed by atoms with Gasteiger partial charge in [-0.15, -0.1) is 0 Å². The van der Waals surface area contributed by atoms with Gasteiger partial charge < -0.3 is 35.3 Å². The smallest absolute Gasteiger partial charge is 0.243 e. The number of nitrogen functional groups attached to an aromatic ring is 1. The maximum Gasteiger partial charge on any atom is 0.243 e. The SMILES string of the molecule is C=CC(=O)N[C@H]1COCCN(c2c3c(nc4c(F)c(-c5ccc(F)c6sc(N)nc56)ncc24)O[C@H](C2(CN4CCOCC4)CC2)C[C@]3(C)O)C1. The van der Waals surface area contributed by atoms with Crippen LogP contribution in [0.2, 0.25) is 0 Å². The van der Waals surface area contributed by atoms with E-state index in [2.05, 4.69) is 26.8 Å². The van der Waals surface area contributed by atoms with Gasteiger partial charge in [0.1, 0.15) is 23.1 Å². The number of aliphatic hydroxyl groups is 1. The summed E-state index contributed by atoms with van der Waals surface area (Å²) in [6.07, 6.45) is 4.55. The molecule has 0 bridgehead atoms. The Morgan fingerprint density at radius 3 is 2.72 bits per heavy atom. The van der Waals surface area contributed by atoms with Crippen LogP contribution in [-0.4, -0.2) is 102 Å². The van der Waals surface area contributed by atoms with E-state index in [1.54, 1.807) is 6.92 Å². The van der Waals surface area contributed by atoms with Gasteiger partial charge in [0, 0.05) is 61.7 Å². The maximum absolute atomic E-state index is 17.0. The van der Waals surface area contributed by atoms with E-state index >= 15 is 4.39 Å². The highest BCUT2D eigenvalue weighted by Gasteiger charge is 2.56. The van der Waals surface area contributed by atoms with Gasteiger partial charge in [0.25, 0.3) is 0 Å². The molecule has 264 valence electrons. The molecule has 50 heavy (non-hydrogen) atoms. The van der Waals surface area contributed by atoms with E-state index in [4.69, 9.17) is 24.9 Å². The van der Waals surface area contributed by atoms with Crippen LogP contribution in [-0.2, 0) is 19.9 Å². The van der Waals surface area contributed by atoms with Gasteiger partial charge in [0.05, 0.1) is 59.5 Å². The zero-order valence-corrected chi connectivity index (χ0v) is 28.5. The second kappa shape index (κ2) is 12.6. The van der Waals surface area contributed by atoms with Gasteiger partial charge in [-0.25, -0.2) is 18.7 Å². The summed E-state index contributed by atoms with van der Waals surface area (Å²) in [7, 11) is 0. The number of amides is 1. The molecule has 1 saturated carbocycles. The number of fused-ring (bicyclic) bond motifs is 3. The zero-order valence-electron chi connectivity index (χ0n) is 27.7. The highest BCUT2D eigenvalue weighted by Crippen LogP contribution is 2.57. The number of hydrogen-bond donors (Lipinski definition) is 3. The number of morpholine rings is 1. The summed E-state index contributed by atoms with van der Waals surface area (Å²) in [5, 5.41) is 15.8. The summed E-state index contributed by atoms with van der Waals surface area (Å²) in [5.74, 6) is -1.45. The fraction of sp³-hybridized carbons (Fsp3) is 0.486. The number of hydrogen-bond acceptors (Lipinski definition) is 12. The Labute approximate surface area is 291 Å². The number of halogens is 2. The van der Waals surface area contributed by atoms with Gasteiger partial charge in [-0.05, 0) is 38.0 Å². The van der Waals surface area contributed by atoms with E-state index < -0.39 is 23.3 Å². The van der Waals surface area contributed by atoms with Gasteiger partial charge in [0.15, 0.2) is 10.9 Å². The van der Waals surface area contributed by atoms with Gasteiger partial charge >= 0.3 is 0 Å². The molecule has 4 aromatic rings. The van der Waals surface area contributed by atoms with Crippen molar-refractivity contribution in [2.24, 2.45) is 5.41 Å². The molecule has 3 atom stereocenters. The lowest BCUT2D eigenvalue weighted by atomic mass is 9.80. The number of thiazole rings is 1. The van der Waals surface area contributed by atoms with Crippen molar-refractivity contribution >= 4 is 49.2 Å². The Kier molecular flexibility index (Phi) is 8.38. The molecule has 2 saturated heterocycles. The number of nitrogens with one attached hydrogen (secondary N) is 1. The summed E-state index contributed by atoms with van der Waals surface area (Å²) >= 11 is 0.978. The van der Waals surface area contributed by atoms with Crippen LogP contribution in [0.3, 0.4) is 0 Å². The van der Waals surface area contributed by atoms with Crippen LogP contribution in [0.1, 0.15) is 31.7 Å². The average Bonchev–Trinajstić information content (AvgIpc) is 3.82. The number of aromatic nitrogens is 3. The fourth-order valence-corrected chi connectivity index (χ4v) is 8.48. The van der Waals surface area contributed by atoms with E-state index in [-0.39, 0.29) is 62.0 Å². The number of benzene rings is 1. The molecular formula is C35H39F2N7O5S. The molecule has 4 N–H and O–H groups in total. The van der Waals surface area contributed by atoms with Crippen LogP contribution in [0.15, 0.2) is 31.0 Å². The number of ether oxygens (including phenoxy) is 3. The average molecular weight is 708 g/mol. The first kappa shape index (κ1) is 33.1. The molecule has 15 heteroatoms. The van der Waals surface area contributed by atoms with Crippen molar-refractivity contribution in [3.63, 3.8) is 0 Å². The van der Waals surface area contributed by atoms with Crippen LogP contribution >= 0.6 is 11.3 Å². The lowest BCUT2D eigenvalue weighted by molar-refractivity contribution is -0.117. The molecule has 3 fully saturated rings. The van der Waals surface area contributed by atoms with E-state index in [9.17, 15) is 14.3 Å². The van der Waals surface area contributed by atoms with Crippen LogP contribution in [0, 0.1) is 17.0 Å². The molecule has 3 aliphatic heterocycles. The van der Waals surface area contributed by atoms with Crippen LogP contribution in [0.25, 0.3) is 32.4 Å². The van der Waals surface area contributed by atoms with Crippen molar-refractivity contribution in [1.82, 2.24) is 25.2 Å². The summed E-state index contributed by atoms with van der Waals surface area (Å²) in [4.78, 5) is 30.3. The monoisotopic (exact) mass is 707 g/mol. The molecule has 0 radical (unpaired) electrons. The molecule has 12 nitrogen and oxygen atoms in total. The van der Waals surface area contributed by atoms with E-state index in [0.717, 1.165) is 43.8 Å². The number of carbonyl (C=O) groups excluding carboxylic acids is 1. The second-order valence-electron chi connectivity index (χ2n) is 13.9. The minimum Gasteiger partial charge on any atom is -0.473 e. The third-order valence-electron chi connectivity index (χ3n) is 10.4. The summed E-state index contributed by atoms with van der Waals surface area (Å²) in [5.41, 5.74) is 5.69. The quantitative estimate of drug-likeness (QED) is 0.241. The number of rotatable bonds is 7. The fourth-order valence-electron chi connectivity index (χ4n) is 7.71. The summed E-state index contributed by atoms with van der Waals surface area (Å²) in [6, 6.07) is 2.26. The van der Waals surface area contributed by atoms with Crippen LogP contribution < -0.4 is 20.7 Å². The van der Waals surface area contributed by atoms with E-state index in [1.807, 2.05) is 4.90 Å². The Bertz CT molecular complexity index is 2000. The zero-order chi connectivity index (χ0) is 34.8. The normalized spacial score (nSPS) is 25.2. The molecule has 1 amide bonds. The first-order chi connectivity index (χ1) is 24.1. The van der Waals surface area contributed by atoms with Crippen molar-refractivity contribution in [1.29, 1.82) is 0 Å². The third kappa shape index (κ3) is 5.84. The van der Waals surface area contributed by atoms with Crippen LogP contribution in [0.4, 0.5) is 19.6 Å². The highest BCUT2D eigenvalue weighted by atomic mass is 32.1. The molecular weight excluding hydrogens is 668 g/mol. The number of carbonyl (C=O) groups is 1. The van der Waals surface area contributed by atoms with Crippen molar-refractivity contribution in [3.05, 3.63) is 48.2 Å². The summed E-state index contributed by atoms with van der Waals surface area (Å²) < 4.78 is 50.1. The first-order valence-electron chi connectivity index (χ1n) is 16.9. The highest BCUT2D eigenvalue weighted by molar-refractivity contribution is 7.22. The lowest BCUT2D eigenvalue weighted by Crippen LogP contribution is -2.49. The van der Waals surface area contributed by atoms with Gasteiger partial charge in [-0.1, -0.05) is 17.9 Å². The molecule has 6 heterocycles. The molecule has 1 aromatic carbocycles. The Morgan fingerprint density at radius 1 is 1.18 bits per heavy atom. The minimum atomic E-state index is -1.40. The lowest BCUT2D eigenvalue weighted by Gasteiger charge is -2.43. The van der Waals surface area contributed by atoms with Crippen molar-refractivity contribution in [2.45, 2.75) is 43.9 Å². The van der Waals surface area contributed by atoms with Crippen molar-refractivity contribution in [3.8, 4) is 17.1 Å². The molecule has 8 rings (SSSR count).